The SMILES string of the molecule is CNC1CCCN(CC(=O)Nc2ccc(C(C)(C)C)cc2)C1.Cl. The van der Waals surface area contributed by atoms with E-state index in [1.165, 1.54) is 12.0 Å². The second-order valence-electron chi connectivity index (χ2n) is 7.24. The molecule has 2 rings (SSSR count). The van der Waals surface area contributed by atoms with E-state index in [-0.39, 0.29) is 23.7 Å². The standard InChI is InChI=1S/C18H29N3O.ClH/c1-18(2,3)14-7-9-15(10-8-14)20-17(22)13-21-11-5-6-16(12-21)19-4;/h7-10,16,19H,5-6,11-13H2,1-4H3,(H,20,22);1H. The van der Waals surface area contributed by atoms with E-state index < -0.39 is 0 Å². The summed E-state index contributed by atoms with van der Waals surface area (Å²) in [6, 6.07) is 8.67. The molecular weight excluding hydrogens is 310 g/mol. The number of likely N-dealkylation sites (N-methyl/N-ethyl adjacent to an activating group) is 1. The maximum absolute atomic E-state index is 12.2. The van der Waals surface area contributed by atoms with Gasteiger partial charge in [0.1, 0.15) is 0 Å². The van der Waals surface area contributed by atoms with E-state index in [9.17, 15) is 4.79 Å². The lowest BCUT2D eigenvalue weighted by Gasteiger charge is -2.31. The summed E-state index contributed by atoms with van der Waals surface area (Å²) in [4.78, 5) is 14.4. The fourth-order valence-corrected chi connectivity index (χ4v) is 2.89. The van der Waals surface area contributed by atoms with E-state index in [2.05, 4.69) is 48.4 Å². The van der Waals surface area contributed by atoms with E-state index in [1.807, 2.05) is 19.2 Å². The molecule has 1 saturated heterocycles. The Morgan fingerprint density at radius 2 is 1.91 bits per heavy atom. The number of halogens is 1. The number of amides is 1. The van der Waals surface area contributed by atoms with Gasteiger partial charge in [0.15, 0.2) is 0 Å². The molecule has 0 spiro atoms. The summed E-state index contributed by atoms with van der Waals surface area (Å²) < 4.78 is 0. The first-order chi connectivity index (χ1) is 10.4. The lowest BCUT2D eigenvalue weighted by atomic mass is 9.87. The van der Waals surface area contributed by atoms with Gasteiger partial charge in [0.05, 0.1) is 6.54 Å². The van der Waals surface area contributed by atoms with Gasteiger partial charge in [-0.25, -0.2) is 0 Å². The van der Waals surface area contributed by atoms with Crippen molar-refractivity contribution in [3.05, 3.63) is 29.8 Å². The second kappa shape index (κ2) is 8.67. The molecule has 0 bridgehead atoms. The number of piperidine rings is 1. The summed E-state index contributed by atoms with van der Waals surface area (Å²) in [5.41, 5.74) is 2.29. The molecule has 130 valence electrons. The number of anilines is 1. The third-order valence-electron chi connectivity index (χ3n) is 4.32. The van der Waals surface area contributed by atoms with Gasteiger partial charge < -0.3 is 10.6 Å². The molecule has 1 aliphatic heterocycles. The number of carbonyl (C=O) groups is 1. The highest BCUT2D eigenvalue weighted by Crippen LogP contribution is 2.23. The summed E-state index contributed by atoms with van der Waals surface area (Å²) in [6.45, 7) is 9.00. The van der Waals surface area contributed by atoms with Crippen molar-refractivity contribution in [2.45, 2.75) is 45.1 Å². The molecule has 2 N–H and O–H groups in total. The average molecular weight is 340 g/mol. The zero-order valence-corrected chi connectivity index (χ0v) is 15.5. The van der Waals surface area contributed by atoms with Crippen LogP contribution in [0.5, 0.6) is 0 Å². The van der Waals surface area contributed by atoms with E-state index in [0.29, 0.717) is 12.6 Å². The smallest absolute Gasteiger partial charge is 0.238 e. The minimum Gasteiger partial charge on any atom is -0.325 e. The second-order valence-corrected chi connectivity index (χ2v) is 7.24. The van der Waals surface area contributed by atoms with Crippen LogP contribution in [0.4, 0.5) is 5.69 Å². The van der Waals surface area contributed by atoms with Crippen molar-refractivity contribution in [2.24, 2.45) is 0 Å². The predicted octanol–water partition coefficient (Wildman–Crippen LogP) is 3.03. The highest BCUT2D eigenvalue weighted by molar-refractivity contribution is 5.92. The first kappa shape index (κ1) is 19.9. The van der Waals surface area contributed by atoms with Crippen molar-refractivity contribution in [1.82, 2.24) is 10.2 Å². The molecule has 1 heterocycles. The van der Waals surface area contributed by atoms with Crippen LogP contribution in [0.15, 0.2) is 24.3 Å². The van der Waals surface area contributed by atoms with Crippen molar-refractivity contribution in [3.63, 3.8) is 0 Å². The molecule has 0 aromatic heterocycles. The van der Waals surface area contributed by atoms with Crippen LogP contribution in [0.25, 0.3) is 0 Å². The fraction of sp³-hybridized carbons (Fsp3) is 0.611. The number of benzene rings is 1. The van der Waals surface area contributed by atoms with Gasteiger partial charge in [-0.05, 0) is 49.5 Å². The van der Waals surface area contributed by atoms with E-state index in [0.717, 1.165) is 25.2 Å². The molecule has 0 aliphatic carbocycles. The molecule has 1 unspecified atom stereocenters. The zero-order chi connectivity index (χ0) is 16.2. The zero-order valence-electron chi connectivity index (χ0n) is 14.7. The summed E-state index contributed by atoms with van der Waals surface area (Å²) in [6.07, 6.45) is 2.35. The summed E-state index contributed by atoms with van der Waals surface area (Å²) in [7, 11) is 1.99. The van der Waals surface area contributed by atoms with Gasteiger partial charge in [-0.2, -0.15) is 0 Å². The van der Waals surface area contributed by atoms with Crippen molar-refractivity contribution in [3.8, 4) is 0 Å². The predicted molar refractivity (Wildman–Crippen MR) is 99.5 cm³/mol. The Balaban J connectivity index is 0.00000264. The van der Waals surface area contributed by atoms with Crippen LogP contribution in [-0.4, -0.2) is 43.5 Å². The Morgan fingerprint density at radius 1 is 1.26 bits per heavy atom. The summed E-state index contributed by atoms with van der Waals surface area (Å²) in [5.74, 6) is 0.0697. The van der Waals surface area contributed by atoms with Crippen LogP contribution in [0.2, 0.25) is 0 Å². The minimum absolute atomic E-state index is 0. The Morgan fingerprint density at radius 3 is 2.48 bits per heavy atom. The molecule has 1 aliphatic rings. The topological polar surface area (TPSA) is 44.4 Å². The highest BCUT2D eigenvalue weighted by atomic mass is 35.5. The normalized spacial score (nSPS) is 19.0. The Kier molecular flexibility index (Phi) is 7.52. The maximum Gasteiger partial charge on any atom is 0.238 e. The Hall–Kier alpha value is -1.10. The summed E-state index contributed by atoms with van der Waals surface area (Å²) in [5, 5.41) is 6.30. The molecule has 5 heteroatoms. The van der Waals surface area contributed by atoms with Crippen LogP contribution < -0.4 is 10.6 Å². The van der Waals surface area contributed by atoms with Crippen molar-refractivity contribution in [2.75, 3.05) is 32.0 Å². The van der Waals surface area contributed by atoms with Gasteiger partial charge in [-0.15, -0.1) is 12.4 Å². The Bertz CT molecular complexity index is 496. The molecular formula is C18H30ClN3O. The van der Waals surface area contributed by atoms with Gasteiger partial charge in [-0.3, -0.25) is 9.69 Å². The van der Waals surface area contributed by atoms with E-state index in [1.54, 1.807) is 0 Å². The van der Waals surface area contributed by atoms with Gasteiger partial charge in [-0.1, -0.05) is 32.9 Å². The van der Waals surface area contributed by atoms with Crippen molar-refractivity contribution < 1.29 is 4.79 Å². The quantitative estimate of drug-likeness (QED) is 0.886. The monoisotopic (exact) mass is 339 g/mol. The fourth-order valence-electron chi connectivity index (χ4n) is 2.89. The highest BCUT2D eigenvalue weighted by Gasteiger charge is 2.20. The van der Waals surface area contributed by atoms with Crippen molar-refractivity contribution in [1.29, 1.82) is 0 Å². The molecule has 1 amide bonds. The molecule has 1 aromatic carbocycles. The van der Waals surface area contributed by atoms with Gasteiger partial charge >= 0.3 is 0 Å². The van der Waals surface area contributed by atoms with Crippen LogP contribution >= 0.6 is 12.4 Å². The van der Waals surface area contributed by atoms with E-state index >= 15 is 0 Å². The molecule has 1 atom stereocenters. The van der Waals surface area contributed by atoms with Crippen molar-refractivity contribution >= 4 is 24.0 Å². The number of likely N-dealkylation sites (tertiary alicyclic amines) is 1. The third kappa shape index (κ3) is 6.13. The van der Waals surface area contributed by atoms with E-state index in [4.69, 9.17) is 0 Å². The van der Waals surface area contributed by atoms with Gasteiger partial charge in [0, 0.05) is 18.3 Å². The lowest BCUT2D eigenvalue weighted by Crippen LogP contribution is -2.46. The minimum atomic E-state index is 0. The Labute approximate surface area is 146 Å². The molecule has 23 heavy (non-hydrogen) atoms. The molecule has 0 radical (unpaired) electrons. The largest absolute Gasteiger partial charge is 0.325 e. The number of rotatable bonds is 4. The van der Waals surface area contributed by atoms with Crippen LogP contribution in [0.3, 0.4) is 0 Å². The third-order valence-corrected chi connectivity index (χ3v) is 4.32. The first-order valence-electron chi connectivity index (χ1n) is 8.18. The molecule has 0 saturated carbocycles. The number of hydrogen-bond donors (Lipinski definition) is 2. The molecule has 1 aromatic rings. The number of hydrogen-bond acceptors (Lipinski definition) is 3. The lowest BCUT2D eigenvalue weighted by molar-refractivity contribution is -0.117. The van der Waals surface area contributed by atoms with Crippen LogP contribution in [-0.2, 0) is 10.2 Å². The average Bonchev–Trinajstić information content (AvgIpc) is 2.47. The van der Waals surface area contributed by atoms with Crippen LogP contribution in [0.1, 0.15) is 39.2 Å². The number of nitrogens with zero attached hydrogens (tertiary/aromatic N) is 1. The maximum atomic E-state index is 12.2. The van der Waals surface area contributed by atoms with Gasteiger partial charge in [0.2, 0.25) is 5.91 Å². The first-order valence-corrected chi connectivity index (χ1v) is 8.18. The van der Waals surface area contributed by atoms with Gasteiger partial charge in [0.25, 0.3) is 0 Å². The summed E-state index contributed by atoms with van der Waals surface area (Å²) >= 11 is 0. The molecule has 4 nitrogen and oxygen atoms in total. The number of carbonyl (C=O) groups excluding carboxylic acids is 1. The molecule has 1 fully saturated rings. The van der Waals surface area contributed by atoms with Crippen LogP contribution in [0, 0.1) is 0 Å². The number of nitrogens with one attached hydrogen (secondary N) is 2.